The molecule has 1 aromatic rings. The van der Waals surface area contributed by atoms with E-state index in [1.165, 1.54) is 9.80 Å². The van der Waals surface area contributed by atoms with Crippen LogP contribution >= 0.6 is 0 Å². The molecule has 0 saturated carbocycles. The summed E-state index contributed by atoms with van der Waals surface area (Å²) in [5, 5.41) is 2.68. The van der Waals surface area contributed by atoms with Gasteiger partial charge in [-0.3, -0.25) is 9.59 Å². The minimum atomic E-state index is -0.652. The van der Waals surface area contributed by atoms with E-state index in [0.29, 0.717) is 38.5 Å². The van der Waals surface area contributed by atoms with Crippen LogP contribution in [0.3, 0.4) is 0 Å². The van der Waals surface area contributed by atoms with Gasteiger partial charge in [-0.05, 0) is 25.0 Å². The third kappa shape index (κ3) is 4.24. The lowest BCUT2D eigenvalue weighted by Gasteiger charge is -2.33. The van der Waals surface area contributed by atoms with Crippen molar-refractivity contribution >= 4 is 23.6 Å². The Morgan fingerprint density at radius 3 is 2.29 bits per heavy atom. The Bertz CT molecular complexity index is 610. The number of rotatable bonds is 3. The number of carbonyl (C=O) groups is 3. The van der Waals surface area contributed by atoms with E-state index in [2.05, 4.69) is 5.32 Å². The molecule has 0 bridgehead atoms. The molecule has 0 aliphatic carbocycles. The number of hydrogen-bond donors (Lipinski definition) is 1. The smallest absolute Gasteiger partial charge is 0.409 e. The summed E-state index contributed by atoms with van der Waals surface area (Å²) in [6.45, 7) is 5.42. The van der Waals surface area contributed by atoms with E-state index < -0.39 is 11.8 Å². The van der Waals surface area contributed by atoms with E-state index in [4.69, 9.17) is 4.74 Å². The molecule has 1 N–H and O–H groups in total. The molecule has 1 fully saturated rings. The van der Waals surface area contributed by atoms with Crippen molar-refractivity contribution in [2.45, 2.75) is 20.3 Å². The molecule has 3 amide bonds. The highest BCUT2D eigenvalue weighted by Gasteiger charge is 2.28. The van der Waals surface area contributed by atoms with E-state index in [1.807, 2.05) is 25.1 Å². The van der Waals surface area contributed by atoms with Crippen LogP contribution in [-0.2, 0) is 20.7 Å². The number of para-hydroxylation sites is 1. The van der Waals surface area contributed by atoms with E-state index in [0.717, 1.165) is 12.0 Å². The molecule has 7 nitrogen and oxygen atoms in total. The number of amides is 3. The van der Waals surface area contributed by atoms with Crippen molar-refractivity contribution in [1.29, 1.82) is 0 Å². The quantitative estimate of drug-likeness (QED) is 0.850. The number of anilines is 1. The summed E-state index contributed by atoms with van der Waals surface area (Å²) in [4.78, 5) is 39.1. The summed E-state index contributed by atoms with van der Waals surface area (Å²) in [6.07, 6.45) is 0.383. The number of piperazine rings is 1. The SMILES string of the molecule is CCOC(=O)N1CCN(C(=O)C(=O)Nc2ccccc2CC)CC1. The Morgan fingerprint density at radius 1 is 1.04 bits per heavy atom. The van der Waals surface area contributed by atoms with Crippen molar-refractivity contribution in [1.82, 2.24) is 9.80 Å². The third-order valence-electron chi connectivity index (χ3n) is 3.93. The molecule has 1 saturated heterocycles. The maximum atomic E-state index is 12.3. The molecule has 130 valence electrons. The summed E-state index contributed by atoms with van der Waals surface area (Å²) in [5.74, 6) is -1.23. The Labute approximate surface area is 141 Å². The molecule has 0 radical (unpaired) electrons. The van der Waals surface area contributed by atoms with Gasteiger partial charge in [0.1, 0.15) is 0 Å². The number of aryl methyl sites for hydroxylation is 1. The highest BCUT2D eigenvalue weighted by Crippen LogP contribution is 2.15. The number of ether oxygens (including phenoxy) is 1. The van der Waals surface area contributed by atoms with E-state index >= 15 is 0 Å². The Kier molecular flexibility index (Phi) is 6.17. The van der Waals surface area contributed by atoms with Crippen LogP contribution in [0, 0.1) is 0 Å². The maximum Gasteiger partial charge on any atom is 0.409 e. The van der Waals surface area contributed by atoms with Gasteiger partial charge >= 0.3 is 17.9 Å². The van der Waals surface area contributed by atoms with Gasteiger partial charge in [0.25, 0.3) is 0 Å². The molecular formula is C17H23N3O4. The minimum absolute atomic E-state index is 0.317. The second kappa shape index (κ2) is 8.33. The Balaban J connectivity index is 1.90. The maximum absolute atomic E-state index is 12.3. The molecule has 1 aliphatic rings. The first-order valence-corrected chi connectivity index (χ1v) is 8.16. The standard InChI is InChI=1S/C17H23N3O4/c1-3-13-7-5-6-8-14(13)18-15(21)16(22)19-9-11-20(12-10-19)17(23)24-4-2/h5-8H,3-4,9-12H2,1-2H3,(H,18,21). The first kappa shape index (κ1) is 17.8. The second-order valence-corrected chi connectivity index (χ2v) is 5.44. The molecule has 0 atom stereocenters. The van der Waals surface area contributed by atoms with Crippen LogP contribution in [0.4, 0.5) is 10.5 Å². The fourth-order valence-corrected chi connectivity index (χ4v) is 2.58. The molecule has 1 aliphatic heterocycles. The average Bonchev–Trinajstić information content (AvgIpc) is 2.61. The van der Waals surface area contributed by atoms with Crippen LogP contribution in [0.25, 0.3) is 0 Å². The number of nitrogens with zero attached hydrogens (tertiary/aromatic N) is 2. The van der Waals surface area contributed by atoms with Gasteiger partial charge in [0.15, 0.2) is 0 Å². The topological polar surface area (TPSA) is 79.0 Å². The molecule has 24 heavy (non-hydrogen) atoms. The van der Waals surface area contributed by atoms with E-state index in [1.54, 1.807) is 13.0 Å². The van der Waals surface area contributed by atoms with Crippen molar-refractivity contribution in [2.75, 3.05) is 38.1 Å². The normalized spacial score (nSPS) is 14.2. The highest BCUT2D eigenvalue weighted by atomic mass is 16.6. The lowest BCUT2D eigenvalue weighted by molar-refractivity contribution is -0.144. The molecule has 0 aromatic heterocycles. The molecule has 0 spiro atoms. The zero-order valence-corrected chi connectivity index (χ0v) is 14.1. The van der Waals surface area contributed by atoms with Crippen LogP contribution in [0.15, 0.2) is 24.3 Å². The summed E-state index contributed by atoms with van der Waals surface area (Å²) >= 11 is 0. The Hall–Kier alpha value is -2.57. The monoisotopic (exact) mass is 333 g/mol. The van der Waals surface area contributed by atoms with Crippen molar-refractivity contribution in [3.05, 3.63) is 29.8 Å². The number of benzene rings is 1. The molecule has 1 heterocycles. The lowest BCUT2D eigenvalue weighted by atomic mass is 10.1. The third-order valence-corrected chi connectivity index (χ3v) is 3.93. The van der Waals surface area contributed by atoms with Crippen molar-refractivity contribution < 1.29 is 19.1 Å². The largest absolute Gasteiger partial charge is 0.450 e. The van der Waals surface area contributed by atoms with Crippen LogP contribution in [-0.4, -0.2) is 60.5 Å². The van der Waals surface area contributed by atoms with Crippen molar-refractivity contribution in [3.63, 3.8) is 0 Å². The Morgan fingerprint density at radius 2 is 1.67 bits per heavy atom. The van der Waals surface area contributed by atoms with Gasteiger partial charge in [-0.15, -0.1) is 0 Å². The summed E-state index contributed by atoms with van der Waals surface area (Å²) < 4.78 is 4.93. The lowest BCUT2D eigenvalue weighted by Crippen LogP contribution is -2.53. The van der Waals surface area contributed by atoms with E-state index in [9.17, 15) is 14.4 Å². The zero-order valence-electron chi connectivity index (χ0n) is 14.1. The fraction of sp³-hybridized carbons (Fsp3) is 0.471. The summed E-state index contributed by atoms with van der Waals surface area (Å²) in [5.41, 5.74) is 1.63. The zero-order chi connectivity index (χ0) is 17.5. The molecule has 1 aromatic carbocycles. The molecule has 2 rings (SSSR count). The minimum Gasteiger partial charge on any atom is -0.450 e. The first-order valence-electron chi connectivity index (χ1n) is 8.16. The summed E-state index contributed by atoms with van der Waals surface area (Å²) in [6, 6.07) is 7.41. The van der Waals surface area contributed by atoms with Crippen LogP contribution < -0.4 is 5.32 Å². The molecule has 0 unspecified atom stereocenters. The molecular weight excluding hydrogens is 310 g/mol. The van der Waals surface area contributed by atoms with Gasteiger partial charge in [0.2, 0.25) is 0 Å². The van der Waals surface area contributed by atoms with Crippen molar-refractivity contribution in [3.8, 4) is 0 Å². The van der Waals surface area contributed by atoms with Gasteiger partial charge in [-0.2, -0.15) is 0 Å². The van der Waals surface area contributed by atoms with Gasteiger partial charge in [-0.1, -0.05) is 25.1 Å². The predicted molar refractivity (Wildman–Crippen MR) is 89.6 cm³/mol. The second-order valence-electron chi connectivity index (χ2n) is 5.44. The highest BCUT2D eigenvalue weighted by molar-refractivity contribution is 6.39. The van der Waals surface area contributed by atoms with Gasteiger partial charge in [-0.25, -0.2) is 4.79 Å². The van der Waals surface area contributed by atoms with Gasteiger partial charge in [0, 0.05) is 31.9 Å². The van der Waals surface area contributed by atoms with E-state index in [-0.39, 0.29) is 6.09 Å². The predicted octanol–water partition coefficient (Wildman–Crippen LogP) is 1.49. The van der Waals surface area contributed by atoms with Crippen LogP contribution in [0.1, 0.15) is 19.4 Å². The van der Waals surface area contributed by atoms with Crippen LogP contribution in [0.5, 0.6) is 0 Å². The first-order chi connectivity index (χ1) is 11.6. The molecule has 7 heteroatoms. The van der Waals surface area contributed by atoms with Gasteiger partial charge in [0.05, 0.1) is 6.61 Å². The van der Waals surface area contributed by atoms with Crippen LogP contribution in [0.2, 0.25) is 0 Å². The number of carbonyl (C=O) groups excluding carboxylic acids is 3. The average molecular weight is 333 g/mol. The fourth-order valence-electron chi connectivity index (χ4n) is 2.58. The number of nitrogens with one attached hydrogen (secondary N) is 1. The van der Waals surface area contributed by atoms with Gasteiger partial charge < -0.3 is 19.9 Å². The number of hydrogen-bond acceptors (Lipinski definition) is 4. The van der Waals surface area contributed by atoms with Crippen molar-refractivity contribution in [2.24, 2.45) is 0 Å². The summed E-state index contributed by atoms with van der Waals surface area (Å²) in [7, 11) is 0.